The number of fused-ring (bicyclic) bond motifs is 1. The Balaban J connectivity index is 1.02. The van der Waals surface area contributed by atoms with Crippen molar-refractivity contribution in [2.24, 2.45) is 0 Å². The van der Waals surface area contributed by atoms with E-state index in [1.165, 1.54) is 30.5 Å². The normalized spacial score (nSPS) is 19.0. The maximum atomic E-state index is 12.3. The highest BCUT2D eigenvalue weighted by Gasteiger charge is 2.41. The molecule has 226 valence electrons. The highest BCUT2D eigenvalue weighted by atomic mass is 19.4. The van der Waals surface area contributed by atoms with E-state index in [2.05, 4.69) is 26.6 Å². The Morgan fingerprint density at radius 3 is 2.31 bits per heavy atom. The minimum atomic E-state index is -4.72. The molecular formula is C28H32F3N5O6. The van der Waals surface area contributed by atoms with Crippen LogP contribution in [0.1, 0.15) is 19.8 Å². The van der Waals surface area contributed by atoms with E-state index in [0.717, 1.165) is 31.6 Å². The predicted molar refractivity (Wildman–Crippen MR) is 146 cm³/mol. The SMILES string of the molecule is CN(CCOc1ccc(OC(F)(F)F)cc1)C1CCN(c2ccc(OC[C@@]3(C)Cn4cc([N+](=O)[O-])nc4O3)cc2)CC1. The van der Waals surface area contributed by atoms with Crippen molar-refractivity contribution in [1.82, 2.24) is 14.5 Å². The van der Waals surface area contributed by atoms with E-state index >= 15 is 0 Å². The number of aromatic nitrogens is 2. The molecule has 0 unspecified atom stereocenters. The third-order valence-corrected chi connectivity index (χ3v) is 7.36. The minimum Gasteiger partial charge on any atom is -0.492 e. The van der Waals surface area contributed by atoms with Gasteiger partial charge in [0.25, 0.3) is 0 Å². The van der Waals surface area contributed by atoms with Crippen molar-refractivity contribution in [1.29, 1.82) is 0 Å². The molecule has 0 N–H and O–H groups in total. The average Bonchev–Trinajstić information content (AvgIpc) is 3.48. The van der Waals surface area contributed by atoms with Gasteiger partial charge < -0.3 is 34.0 Å². The Bertz CT molecular complexity index is 1330. The second-order valence-corrected chi connectivity index (χ2v) is 10.7. The summed E-state index contributed by atoms with van der Waals surface area (Å²) in [5.41, 5.74) is 0.436. The number of nitro groups is 1. The number of rotatable bonds is 11. The van der Waals surface area contributed by atoms with Crippen molar-refractivity contribution in [3.05, 3.63) is 64.8 Å². The molecule has 1 aromatic heterocycles. The van der Waals surface area contributed by atoms with E-state index in [4.69, 9.17) is 14.2 Å². The Morgan fingerprint density at radius 1 is 1.07 bits per heavy atom. The van der Waals surface area contributed by atoms with Gasteiger partial charge in [0.05, 0.1) is 6.54 Å². The second-order valence-electron chi connectivity index (χ2n) is 10.7. The largest absolute Gasteiger partial charge is 0.573 e. The molecule has 1 atom stereocenters. The van der Waals surface area contributed by atoms with Crippen LogP contribution in [-0.2, 0) is 6.54 Å². The minimum absolute atomic E-state index is 0.220. The summed E-state index contributed by atoms with van der Waals surface area (Å²) in [5.74, 6) is 0.679. The lowest BCUT2D eigenvalue weighted by Crippen LogP contribution is -2.44. The molecule has 0 radical (unpaired) electrons. The maximum Gasteiger partial charge on any atom is 0.573 e. The van der Waals surface area contributed by atoms with Crippen LogP contribution in [0.5, 0.6) is 23.3 Å². The third kappa shape index (κ3) is 7.35. The van der Waals surface area contributed by atoms with Crippen molar-refractivity contribution in [2.45, 2.75) is 44.3 Å². The molecule has 0 aliphatic carbocycles. The fourth-order valence-electron chi connectivity index (χ4n) is 5.14. The third-order valence-electron chi connectivity index (χ3n) is 7.36. The lowest BCUT2D eigenvalue weighted by Gasteiger charge is -2.38. The molecule has 2 aliphatic heterocycles. The predicted octanol–water partition coefficient (Wildman–Crippen LogP) is 4.90. The van der Waals surface area contributed by atoms with Crippen LogP contribution < -0.4 is 23.8 Å². The molecule has 11 nitrogen and oxygen atoms in total. The Hall–Kier alpha value is -4.20. The van der Waals surface area contributed by atoms with Crippen LogP contribution >= 0.6 is 0 Å². The van der Waals surface area contributed by atoms with E-state index in [-0.39, 0.29) is 24.2 Å². The van der Waals surface area contributed by atoms with Gasteiger partial charge in [-0.25, -0.2) is 0 Å². The standard InChI is InChI=1S/C28H32F3N5O6/c1-27(18-35-17-25(36(37)38)32-26(35)42-27)19-40-23-5-3-21(4-6-23)34-13-11-20(12-14-34)33(2)15-16-39-22-7-9-24(10-8-22)41-28(29,30)31/h3-10,17,20H,11-16,18-19H2,1-2H3/t27-/m1/s1. The first kappa shape index (κ1) is 29.3. The van der Waals surface area contributed by atoms with Crippen molar-refractivity contribution in [2.75, 3.05) is 44.8 Å². The van der Waals surface area contributed by atoms with Crippen LogP contribution in [0.2, 0.25) is 0 Å². The number of nitrogens with zero attached hydrogens (tertiary/aromatic N) is 5. The quantitative estimate of drug-likeness (QED) is 0.228. The highest BCUT2D eigenvalue weighted by molar-refractivity contribution is 5.49. The number of alkyl halides is 3. The molecule has 3 heterocycles. The lowest BCUT2D eigenvalue weighted by atomic mass is 10.0. The van der Waals surface area contributed by atoms with Crippen molar-refractivity contribution in [3.63, 3.8) is 0 Å². The molecule has 3 aromatic rings. The van der Waals surface area contributed by atoms with Crippen LogP contribution in [0.4, 0.5) is 24.7 Å². The number of benzene rings is 2. The van der Waals surface area contributed by atoms with Crippen LogP contribution in [-0.4, -0.2) is 77.3 Å². The number of hydrogen-bond acceptors (Lipinski definition) is 9. The summed E-state index contributed by atoms with van der Waals surface area (Å²) < 4.78 is 59.9. The fraction of sp³-hybridized carbons (Fsp3) is 0.464. The van der Waals surface area contributed by atoms with Gasteiger partial charge in [-0.15, -0.1) is 13.2 Å². The summed E-state index contributed by atoms with van der Waals surface area (Å²) in [5, 5.41) is 10.9. The van der Waals surface area contributed by atoms with Gasteiger partial charge in [-0.3, -0.25) is 9.47 Å². The molecule has 14 heteroatoms. The Labute approximate surface area is 240 Å². The van der Waals surface area contributed by atoms with E-state index in [1.54, 1.807) is 4.57 Å². The first-order valence-corrected chi connectivity index (χ1v) is 13.5. The molecular weight excluding hydrogens is 559 g/mol. The van der Waals surface area contributed by atoms with Gasteiger partial charge in [-0.05, 0) is 80.3 Å². The smallest absolute Gasteiger partial charge is 0.492 e. The summed E-state index contributed by atoms with van der Waals surface area (Å²) in [6.07, 6.45) is -1.37. The second kappa shape index (κ2) is 12.0. The molecule has 0 bridgehead atoms. The highest BCUT2D eigenvalue weighted by Crippen LogP contribution is 2.32. The Kier molecular flexibility index (Phi) is 8.34. The number of piperidine rings is 1. The van der Waals surface area contributed by atoms with Crippen LogP contribution in [0.3, 0.4) is 0 Å². The van der Waals surface area contributed by atoms with E-state index < -0.39 is 16.9 Å². The maximum absolute atomic E-state index is 12.3. The number of ether oxygens (including phenoxy) is 4. The fourth-order valence-corrected chi connectivity index (χ4v) is 5.14. The number of halogens is 3. The molecule has 0 amide bonds. The van der Waals surface area contributed by atoms with Gasteiger partial charge in [0.1, 0.15) is 36.7 Å². The van der Waals surface area contributed by atoms with E-state index in [1.807, 2.05) is 31.2 Å². The van der Waals surface area contributed by atoms with Crippen molar-refractivity contribution >= 4 is 11.5 Å². The summed E-state index contributed by atoms with van der Waals surface area (Å²) in [6.45, 7) is 5.47. The molecule has 2 aromatic carbocycles. The molecule has 0 saturated carbocycles. The first-order chi connectivity index (χ1) is 20.0. The van der Waals surface area contributed by atoms with Crippen molar-refractivity contribution < 1.29 is 37.0 Å². The van der Waals surface area contributed by atoms with Gasteiger partial charge in [-0.2, -0.15) is 0 Å². The monoisotopic (exact) mass is 591 g/mol. The molecule has 42 heavy (non-hydrogen) atoms. The average molecular weight is 592 g/mol. The van der Waals surface area contributed by atoms with Gasteiger partial charge in [-0.1, -0.05) is 0 Å². The number of hydrogen-bond donors (Lipinski definition) is 0. The van der Waals surface area contributed by atoms with Gasteiger partial charge in [0, 0.05) is 36.3 Å². The number of imidazole rings is 1. The molecule has 1 fully saturated rings. The van der Waals surface area contributed by atoms with Crippen LogP contribution in [0.15, 0.2) is 54.7 Å². The van der Waals surface area contributed by atoms with Gasteiger partial charge in [0.2, 0.25) is 0 Å². The zero-order valence-corrected chi connectivity index (χ0v) is 23.2. The summed E-state index contributed by atoms with van der Waals surface area (Å²) >= 11 is 0. The first-order valence-electron chi connectivity index (χ1n) is 13.5. The summed E-state index contributed by atoms with van der Waals surface area (Å²) in [6, 6.07) is 13.9. The zero-order valence-electron chi connectivity index (χ0n) is 23.2. The number of likely N-dealkylation sites (N-methyl/N-ethyl adjacent to an activating group) is 1. The molecule has 5 rings (SSSR count). The number of anilines is 1. The van der Waals surface area contributed by atoms with Crippen molar-refractivity contribution in [3.8, 4) is 23.3 Å². The lowest BCUT2D eigenvalue weighted by molar-refractivity contribution is -0.389. The van der Waals surface area contributed by atoms with Gasteiger partial charge in [0.15, 0.2) is 5.60 Å². The van der Waals surface area contributed by atoms with E-state index in [0.29, 0.717) is 37.2 Å². The Morgan fingerprint density at radius 2 is 1.69 bits per heavy atom. The molecule has 0 spiro atoms. The van der Waals surface area contributed by atoms with Crippen LogP contribution in [0.25, 0.3) is 0 Å². The zero-order chi connectivity index (χ0) is 29.9. The molecule has 2 aliphatic rings. The topological polar surface area (TPSA) is 104 Å². The van der Waals surface area contributed by atoms with Gasteiger partial charge >= 0.3 is 18.2 Å². The van der Waals surface area contributed by atoms with Crippen LogP contribution in [0, 0.1) is 10.1 Å². The summed E-state index contributed by atoms with van der Waals surface area (Å²) in [4.78, 5) is 18.8. The molecule has 1 saturated heterocycles. The summed E-state index contributed by atoms with van der Waals surface area (Å²) in [7, 11) is 2.05. The van der Waals surface area contributed by atoms with E-state index in [9.17, 15) is 23.3 Å².